The van der Waals surface area contributed by atoms with E-state index >= 15 is 0 Å². The molecule has 0 saturated heterocycles. The van der Waals surface area contributed by atoms with Gasteiger partial charge in [-0.1, -0.05) is 24.3 Å². The van der Waals surface area contributed by atoms with Crippen LogP contribution in [0.1, 0.15) is 34.9 Å². The summed E-state index contributed by atoms with van der Waals surface area (Å²) >= 11 is 0. The average molecular weight is 347 g/mol. The zero-order chi connectivity index (χ0) is 17.3. The molecule has 0 bridgehead atoms. The molecule has 1 unspecified atom stereocenters. The van der Waals surface area contributed by atoms with Gasteiger partial charge >= 0.3 is 0 Å². The Labute approximate surface area is 141 Å². The molecule has 2 aromatic rings. The first-order valence-corrected chi connectivity index (χ1v) is 9.68. The predicted octanol–water partition coefficient (Wildman–Crippen LogP) is 2.16. The molecule has 1 atom stereocenters. The molecule has 1 aromatic carbocycles. The summed E-state index contributed by atoms with van der Waals surface area (Å²) in [5, 5.41) is 6.17. The Morgan fingerprint density at radius 2 is 2.12 bits per heavy atom. The number of aromatic nitrogens is 2. The molecule has 128 valence electrons. The van der Waals surface area contributed by atoms with Crippen molar-refractivity contribution in [1.82, 2.24) is 9.78 Å². The maximum Gasteiger partial charge on any atom is 0.240 e. The van der Waals surface area contributed by atoms with Crippen LogP contribution in [0.2, 0.25) is 0 Å². The highest BCUT2D eigenvalue weighted by atomic mass is 32.2. The smallest absolute Gasteiger partial charge is 0.240 e. The standard InChI is InChI=1S/C17H21N3O3S/c1-12-10-16(20(2)19-12)18-17(21)11-24(22,23)15-9-5-7-13-6-3-4-8-14(13)15/h3-4,6,8,10,15H,5,7,9,11H2,1-2H3,(H,18,21). The van der Waals surface area contributed by atoms with Gasteiger partial charge in [0.25, 0.3) is 0 Å². The zero-order valence-electron chi connectivity index (χ0n) is 13.8. The number of aryl methyl sites for hydroxylation is 3. The van der Waals surface area contributed by atoms with Crippen molar-refractivity contribution in [2.24, 2.45) is 7.05 Å². The van der Waals surface area contributed by atoms with Gasteiger partial charge in [-0.25, -0.2) is 8.42 Å². The molecule has 0 spiro atoms. The van der Waals surface area contributed by atoms with Crippen molar-refractivity contribution in [3.05, 3.63) is 47.2 Å². The van der Waals surface area contributed by atoms with Crippen molar-refractivity contribution < 1.29 is 13.2 Å². The number of fused-ring (bicyclic) bond motifs is 1. The molecule has 1 aromatic heterocycles. The fraction of sp³-hybridized carbons (Fsp3) is 0.412. The second-order valence-electron chi connectivity index (χ2n) is 6.23. The lowest BCUT2D eigenvalue weighted by Gasteiger charge is -2.25. The molecule has 1 aliphatic carbocycles. The van der Waals surface area contributed by atoms with Crippen LogP contribution in [0.4, 0.5) is 5.82 Å². The van der Waals surface area contributed by atoms with Crippen molar-refractivity contribution in [1.29, 1.82) is 0 Å². The molecular formula is C17H21N3O3S. The van der Waals surface area contributed by atoms with Crippen LogP contribution in [-0.4, -0.2) is 29.9 Å². The molecule has 0 fully saturated rings. The Morgan fingerprint density at radius 3 is 2.83 bits per heavy atom. The van der Waals surface area contributed by atoms with Crippen molar-refractivity contribution in [2.75, 3.05) is 11.1 Å². The first-order chi connectivity index (χ1) is 11.4. The molecule has 7 heteroatoms. The molecule has 1 aliphatic rings. The molecule has 0 saturated carbocycles. The Balaban J connectivity index is 1.77. The summed E-state index contributed by atoms with van der Waals surface area (Å²) in [7, 11) is -1.86. The second kappa shape index (κ2) is 6.39. The summed E-state index contributed by atoms with van der Waals surface area (Å²) in [6.07, 6.45) is 2.28. The molecular weight excluding hydrogens is 326 g/mol. The van der Waals surface area contributed by atoms with Crippen LogP contribution in [0.3, 0.4) is 0 Å². The maximum atomic E-state index is 12.8. The summed E-state index contributed by atoms with van der Waals surface area (Å²) in [6, 6.07) is 9.31. The van der Waals surface area contributed by atoms with E-state index in [9.17, 15) is 13.2 Å². The van der Waals surface area contributed by atoms with Crippen LogP contribution < -0.4 is 5.32 Å². The fourth-order valence-corrected chi connectivity index (χ4v) is 5.05. The van der Waals surface area contributed by atoms with Gasteiger partial charge in [-0.2, -0.15) is 5.10 Å². The SMILES string of the molecule is Cc1cc(NC(=O)CS(=O)(=O)C2CCCc3ccccc32)n(C)n1. The van der Waals surface area contributed by atoms with Crippen LogP contribution in [0.25, 0.3) is 0 Å². The minimum atomic E-state index is -3.56. The number of sulfone groups is 1. The number of nitrogens with zero attached hydrogens (tertiary/aromatic N) is 2. The fourth-order valence-electron chi connectivity index (χ4n) is 3.27. The van der Waals surface area contributed by atoms with E-state index in [0.29, 0.717) is 12.2 Å². The Kier molecular flexibility index (Phi) is 4.45. The van der Waals surface area contributed by atoms with Crippen molar-refractivity contribution >= 4 is 21.6 Å². The number of amides is 1. The van der Waals surface area contributed by atoms with Gasteiger partial charge in [0.2, 0.25) is 5.91 Å². The maximum absolute atomic E-state index is 12.8. The number of nitrogens with one attached hydrogen (secondary N) is 1. The number of benzene rings is 1. The number of anilines is 1. The lowest BCUT2D eigenvalue weighted by Crippen LogP contribution is -2.29. The zero-order valence-corrected chi connectivity index (χ0v) is 14.6. The lowest BCUT2D eigenvalue weighted by atomic mass is 9.91. The van der Waals surface area contributed by atoms with E-state index in [1.807, 2.05) is 31.2 Å². The van der Waals surface area contributed by atoms with E-state index in [1.165, 1.54) is 4.68 Å². The normalized spacial score (nSPS) is 17.3. The Morgan fingerprint density at radius 1 is 1.38 bits per heavy atom. The first-order valence-electron chi connectivity index (χ1n) is 7.96. The Bertz CT molecular complexity index is 871. The minimum absolute atomic E-state index is 0.497. The third kappa shape index (κ3) is 3.36. The second-order valence-corrected chi connectivity index (χ2v) is 8.41. The third-order valence-electron chi connectivity index (χ3n) is 4.35. The van der Waals surface area contributed by atoms with Crippen LogP contribution in [-0.2, 0) is 28.1 Å². The number of hydrogen-bond acceptors (Lipinski definition) is 4. The molecule has 1 N–H and O–H groups in total. The molecule has 1 amide bonds. The van der Waals surface area contributed by atoms with Crippen LogP contribution >= 0.6 is 0 Å². The van der Waals surface area contributed by atoms with Gasteiger partial charge < -0.3 is 5.32 Å². The van der Waals surface area contributed by atoms with E-state index in [-0.39, 0.29) is 0 Å². The number of rotatable bonds is 4. The van der Waals surface area contributed by atoms with Crippen molar-refractivity contribution in [2.45, 2.75) is 31.4 Å². The van der Waals surface area contributed by atoms with E-state index in [1.54, 1.807) is 13.1 Å². The van der Waals surface area contributed by atoms with Gasteiger partial charge in [-0.3, -0.25) is 9.48 Å². The highest BCUT2D eigenvalue weighted by Crippen LogP contribution is 2.35. The molecule has 1 heterocycles. The molecule has 24 heavy (non-hydrogen) atoms. The van der Waals surface area contributed by atoms with E-state index < -0.39 is 26.7 Å². The van der Waals surface area contributed by atoms with Crippen molar-refractivity contribution in [3.63, 3.8) is 0 Å². The summed E-state index contributed by atoms with van der Waals surface area (Å²) in [4.78, 5) is 12.2. The monoisotopic (exact) mass is 347 g/mol. The van der Waals surface area contributed by atoms with E-state index in [0.717, 1.165) is 29.7 Å². The van der Waals surface area contributed by atoms with Gasteiger partial charge in [0.15, 0.2) is 9.84 Å². The van der Waals surface area contributed by atoms with Gasteiger partial charge in [-0.05, 0) is 37.3 Å². The van der Waals surface area contributed by atoms with Gasteiger partial charge in [-0.15, -0.1) is 0 Å². The van der Waals surface area contributed by atoms with Crippen LogP contribution in [0, 0.1) is 6.92 Å². The van der Waals surface area contributed by atoms with Crippen molar-refractivity contribution in [3.8, 4) is 0 Å². The summed E-state index contributed by atoms with van der Waals surface area (Å²) in [6.45, 7) is 1.81. The quantitative estimate of drug-likeness (QED) is 0.919. The molecule has 0 radical (unpaired) electrons. The molecule has 3 rings (SSSR count). The van der Waals surface area contributed by atoms with Crippen LogP contribution in [0.5, 0.6) is 0 Å². The van der Waals surface area contributed by atoms with Crippen LogP contribution in [0.15, 0.2) is 30.3 Å². The topological polar surface area (TPSA) is 81.1 Å². The Hall–Kier alpha value is -2.15. The minimum Gasteiger partial charge on any atom is -0.310 e. The highest BCUT2D eigenvalue weighted by molar-refractivity contribution is 7.92. The summed E-state index contributed by atoms with van der Waals surface area (Å²) in [5.74, 6) is -0.547. The highest BCUT2D eigenvalue weighted by Gasteiger charge is 2.33. The lowest BCUT2D eigenvalue weighted by molar-refractivity contribution is -0.113. The van der Waals surface area contributed by atoms with E-state index in [4.69, 9.17) is 0 Å². The first kappa shape index (κ1) is 16.7. The molecule has 6 nitrogen and oxygen atoms in total. The molecule has 0 aliphatic heterocycles. The van der Waals surface area contributed by atoms with Gasteiger partial charge in [0.05, 0.1) is 10.9 Å². The number of carbonyl (C=O) groups excluding carboxylic acids is 1. The average Bonchev–Trinajstić information content (AvgIpc) is 2.83. The van der Waals surface area contributed by atoms with Gasteiger partial charge in [0.1, 0.15) is 11.6 Å². The summed E-state index contributed by atoms with van der Waals surface area (Å²) < 4.78 is 27.0. The van der Waals surface area contributed by atoms with E-state index in [2.05, 4.69) is 10.4 Å². The predicted molar refractivity (Wildman–Crippen MR) is 92.5 cm³/mol. The number of hydrogen-bond donors (Lipinski definition) is 1. The van der Waals surface area contributed by atoms with Gasteiger partial charge in [0, 0.05) is 13.1 Å². The third-order valence-corrected chi connectivity index (χ3v) is 6.37. The largest absolute Gasteiger partial charge is 0.310 e. The summed E-state index contributed by atoms with van der Waals surface area (Å²) in [5.41, 5.74) is 2.67. The number of carbonyl (C=O) groups is 1.